The van der Waals surface area contributed by atoms with Crippen molar-refractivity contribution in [3.05, 3.63) is 28.2 Å². The molecular weight excluding hydrogens is 288 g/mol. The van der Waals surface area contributed by atoms with Gasteiger partial charge in [-0.15, -0.1) is 0 Å². The van der Waals surface area contributed by atoms with Gasteiger partial charge in [0.15, 0.2) is 0 Å². The first-order chi connectivity index (χ1) is 8.08. The molecule has 17 heavy (non-hydrogen) atoms. The maximum Gasteiger partial charge on any atom is 0.277 e. The largest absolute Gasteiger partial charge is 0.478 e. The van der Waals surface area contributed by atoms with Crippen molar-refractivity contribution in [2.75, 3.05) is 13.7 Å². The fourth-order valence-electron chi connectivity index (χ4n) is 1.26. The molecule has 0 aliphatic heterocycles. The zero-order valence-electron chi connectivity index (χ0n) is 9.70. The molecule has 0 heterocycles. The monoisotopic (exact) mass is 302 g/mol. The number of methoxy groups -OCH3 is 1. The highest BCUT2D eigenvalue weighted by Gasteiger charge is 2.20. The molecule has 1 aromatic rings. The summed E-state index contributed by atoms with van der Waals surface area (Å²) in [4.78, 5) is 11.4. The lowest BCUT2D eigenvalue weighted by Crippen LogP contribution is -2.44. The van der Waals surface area contributed by atoms with Gasteiger partial charge in [-0.1, -0.05) is 22.0 Å². The van der Waals surface area contributed by atoms with E-state index in [1.165, 1.54) is 7.11 Å². The zero-order valence-corrected chi connectivity index (χ0v) is 11.3. The number of ether oxygens (including phenoxy) is 2. The van der Waals surface area contributed by atoms with Gasteiger partial charge in [0.2, 0.25) is 6.10 Å². The van der Waals surface area contributed by atoms with E-state index in [-0.39, 0.29) is 6.61 Å². The van der Waals surface area contributed by atoms with Gasteiger partial charge in [-0.25, -0.2) is 5.84 Å². The first kappa shape index (κ1) is 14.0. The number of benzene rings is 1. The van der Waals surface area contributed by atoms with Crippen molar-refractivity contribution in [2.24, 2.45) is 5.84 Å². The van der Waals surface area contributed by atoms with Crippen LogP contribution in [0.25, 0.3) is 0 Å². The van der Waals surface area contributed by atoms with Gasteiger partial charge in [0.05, 0.1) is 6.61 Å². The number of nitrogens with two attached hydrogens (primary N) is 1. The fourth-order valence-corrected chi connectivity index (χ4v) is 1.60. The quantitative estimate of drug-likeness (QED) is 0.486. The summed E-state index contributed by atoms with van der Waals surface area (Å²) in [6.07, 6.45) is -0.766. The molecule has 0 spiro atoms. The molecule has 1 amide bonds. The minimum Gasteiger partial charge on any atom is -0.478 e. The predicted octanol–water partition coefficient (Wildman–Crippen LogP) is 1.14. The van der Waals surface area contributed by atoms with Gasteiger partial charge >= 0.3 is 0 Å². The summed E-state index contributed by atoms with van der Waals surface area (Å²) in [7, 11) is 1.49. The van der Waals surface area contributed by atoms with Crippen LogP contribution in [0.3, 0.4) is 0 Å². The number of hydrogen-bond acceptors (Lipinski definition) is 4. The second kappa shape index (κ2) is 6.58. The Labute approximate surface area is 108 Å². The number of halogens is 1. The number of carbonyl (C=O) groups excluding carboxylic acids is 1. The summed E-state index contributed by atoms with van der Waals surface area (Å²) >= 11 is 3.34. The van der Waals surface area contributed by atoms with Gasteiger partial charge in [0.25, 0.3) is 5.91 Å². The third-order valence-corrected chi connectivity index (χ3v) is 2.67. The number of hydrazine groups is 1. The van der Waals surface area contributed by atoms with Crippen LogP contribution in [0.1, 0.15) is 5.56 Å². The van der Waals surface area contributed by atoms with Crippen molar-refractivity contribution in [3.63, 3.8) is 0 Å². The summed E-state index contributed by atoms with van der Waals surface area (Å²) in [5.41, 5.74) is 2.98. The molecule has 3 N–H and O–H groups in total. The van der Waals surface area contributed by atoms with Crippen LogP contribution in [0.2, 0.25) is 0 Å². The fraction of sp³-hybridized carbons (Fsp3) is 0.364. The summed E-state index contributed by atoms with van der Waals surface area (Å²) < 4.78 is 11.4. The number of nitrogens with one attached hydrogen (secondary N) is 1. The lowest BCUT2D eigenvalue weighted by atomic mass is 10.2. The average molecular weight is 303 g/mol. The lowest BCUT2D eigenvalue weighted by Gasteiger charge is -2.18. The highest BCUT2D eigenvalue weighted by atomic mass is 79.9. The number of hydrogen-bond donors (Lipinski definition) is 2. The van der Waals surface area contributed by atoms with Crippen LogP contribution in [0.15, 0.2) is 22.7 Å². The predicted molar refractivity (Wildman–Crippen MR) is 67.5 cm³/mol. The molecule has 1 atom stereocenters. The minimum absolute atomic E-state index is 0.134. The first-order valence-corrected chi connectivity index (χ1v) is 5.80. The Morgan fingerprint density at radius 1 is 1.59 bits per heavy atom. The van der Waals surface area contributed by atoms with Crippen LogP contribution in [-0.4, -0.2) is 25.7 Å². The van der Waals surface area contributed by atoms with E-state index in [0.717, 1.165) is 10.0 Å². The maximum atomic E-state index is 11.4. The second-order valence-electron chi connectivity index (χ2n) is 3.48. The van der Waals surface area contributed by atoms with Crippen molar-refractivity contribution < 1.29 is 14.3 Å². The molecule has 0 aromatic heterocycles. The zero-order chi connectivity index (χ0) is 12.8. The smallest absolute Gasteiger partial charge is 0.277 e. The van der Waals surface area contributed by atoms with Crippen LogP contribution in [0.5, 0.6) is 5.75 Å². The van der Waals surface area contributed by atoms with E-state index in [9.17, 15) is 4.79 Å². The Hall–Kier alpha value is -1.11. The van der Waals surface area contributed by atoms with Gasteiger partial charge in [-0.2, -0.15) is 0 Å². The standard InChI is InChI=1S/C11H15BrN2O3/c1-7-3-4-8(12)5-9(7)17-10(6-16-2)11(15)14-13/h3-5,10H,6,13H2,1-2H3,(H,14,15). The van der Waals surface area contributed by atoms with Crippen LogP contribution in [-0.2, 0) is 9.53 Å². The topological polar surface area (TPSA) is 73.6 Å². The Kier molecular flexibility index (Phi) is 5.40. The molecule has 94 valence electrons. The van der Waals surface area contributed by atoms with E-state index in [1.54, 1.807) is 6.07 Å². The van der Waals surface area contributed by atoms with E-state index >= 15 is 0 Å². The molecule has 0 bridgehead atoms. The van der Waals surface area contributed by atoms with Gasteiger partial charge in [0, 0.05) is 11.6 Å². The minimum atomic E-state index is -0.766. The number of amides is 1. The SMILES string of the molecule is COCC(Oc1cc(Br)ccc1C)C(=O)NN. The maximum absolute atomic E-state index is 11.4. The molecule has 1 rings (SSSR count). The molecule has 5 nitrogen and oxygen atoms in total. The first-order valence-electron chi connectivity index (χ1n) is 5.00. The molecule has 0 aliphatic carbocycles. The second-order valence-corrected chi connectivity index (χ2v) is 4.40. The third-order valence-electron chi connectivity index (χ3n) is 2.17. The van der Waals surface area contributed by atoms with Crippen molar-refractivity contribution in [3.8, 4) is 5.75 Å². The van der Waals surface area contributed by atoms with Crippen molar-refractivity contribution in [1.82, 2.24) is 5.43 Å². The van der Waals surface area contributed by atoms with Crippen molar-refractivity contribution >= 4 is 21.8 Å². The highest BCUT2D eigenvalue weighted by Crippen LogP contribution is 2.23. The molecule has 0 radical (unpaired) electrons. The third kappa shape index (κ3) is 3.99. The molecule has 0 aliphatic rings. The molecule has 0 saturated carbocycles. The normalized spacial score (nSPS) is 12.0. The number of carbonyl (C=O) groups is 1. The molecule has 1 unspecified atom stereocenters. The van der Waals surface area contributed by atoms with Crippen LogP contribution >= 0.6 is 15.9 Å². The molecule has 0 fully saturated rings. The van der Waals surface area contributed by atoms with E-state index in [1.807, 2.05) is 24.5 Å². The number of aryl methyl sites for hydroxylation is 1. The van der Waals surface area contributed by atoms with Gasteiger partial charge in [-0.05, 0) is 24.6 Å². The van der Waals surface area contributed by atoms with E-state index in [4.69, 9.17) is 15.3 Å². The van der Waals surface area contributed by atoms with E-state index in [0.29, 0.717) is 5.75 Å². The van der Waals surface area contributed by atoms with E-state index in [2.05, 4.69) is 15.9 Å². The Morgan fingerprint density at radius 3 is 2.88 bits per heavy atom. The van der Waals surface area contributed by atoms with Crippen LogP contribution < -0.4 is 16.0 Å². The Bertz CT molecular complexity index is 398. The number of rotatable bonds is 5. The molecular formula is C11H15BrN2O3. The summed E-state index contributed by atoms with van der Waals surface area (Å²) in [6.45, 7) is 2.03. The molecule has 1 aromatic carbocycles. The summed E-state index contributed by atoms with van der Waals surface area (Å²) in [5.74, 6) is 5.27. The van der Waals surface area contributed by atoms with Gasteiger partial charge < -0.3 is 9.47 Å². The molecule has 0 saturated heterocycles. The Balaban J connectivity index is 2.85. The van der Waals surface area contributed by atoms with Crippen LogP contribution in [0, 0.1) is 6.92 Å². The highest BCUT2D eigenvalue weighted by molar-refractivity contribution is 9.10. The van der Waals surface area contributed by atoms with Crippen LogP contribution in [0.4, 0.5) is 0 Å². The average Bonchev–Trinajstić information content (AvgIpc) is 2.32. The Morgan fingerprint density at radius 2 is 2.29 bits per heavy atom. The van der Waals surface area contributed by atoms with Gasteiger partial charge in [-0.3, -0.25) is 10.2 Å². The van der Waals surface area contributed by atoms with Crippen molar-refractivity contribution in [1.29, 1.82) is 0 Å². The van der Waals surface area contributed by atoms with Gasteiger partial charge in [0.1, 0.15) is 5.75 Å². The van der Waals surface area contributed by atoms with Crippen molar-refractivity contribution in [2.45, 2.75) is 13.0 Å². The van der Waals surface area contributed by atoms with E-state index < -0.39 is 12.0 Å². The lowest BCUT2D eigenvalue weighted by molar-refractivity contribution is -0.130. The molecule has 6 heteroatoms. The summed E-state index contributed by atoms with van der Waals surface area (Å²) in [5, 5.41) is 0. The summed E-state index contributed by atoms with van der Waals surface area (Å²) in [6, 6.07) is 5.59.